The molecule has 9 heteroatoms. The van der Waals surface area contributed by atoms with Crippen molar-refractivity contribution in [3.63, 3.8) is 0 Å². The number of hydrogen-bond acceptors (Lipinski definition) is 4. The Morgan fingerprint density at radius 1 is 1.00 bits per heavy atom. The van der Waals surface area contributed by atoms with Gasteiger partial charge in [0.2, 0.25) is 5.91 Å². The van der Waals surface area contributed by atoms with Crippen LogP contribution < -0.4 is 9.62 Å². The van der Waals surface area contributed by atoms with Gasteiger partial charge >= 0.3 is 0 Å². The largest absolute Gasteiger partial charge is 0.354 e. The predicted molar refractivity (Wildman–Crippen MR) is 141 cm³/mol. The van der Waals surface area contributed by atoms with E-state index in [2.05, 4.69) is 27.9 Å². The number of carbonyl (C=O) groups excluding carboxylic acids is 1. The Morgan fingerprint density at radius 3 is 2.41 bits per heavy atom. The summed E-state index contributed by atoms with van der Waals surface area (Å²) in [6, 6.07) is 22.8. The molecule has 1 amide bonds. The van der Waals surface area contributed by atoms with Crippen molar-refractivity contribution in [1.82, 2.24) is 5.32 Å². The first-order valence-corrected chi connectivity index (χ1v) is 13.8. The summed E-state index contributed by atoms with van der Waals surface area (Å²) in [6.45, 7) is 0.146. The zero-order valence-electron chi connectivity index (χ0n) is 17.1. The first-order chi connectivity index (χ1) is 15.4. The molecule has 0 fully saturated rings. The molecule has 0 aromatic heterocycles. The molecule has 3 aromatic rings. The van der Waals surface area contributed by atoms with Gasteiger partial charge in [0, 0.05) is 26.6 Å². The van der Waals surface area contributed by atoms with Crippen molar-refractivity contribution in [3.8, 4) is 0 Å². The first-order valence-electron chi connectivity index (χ1n) is 9.78. The van der Waals surface area contributed by atoms with E-state index in [0.29, 0.717) is 23.0 Å². The van der Waals surface area contributed by atoms with E-state index < -0.39 is 10.0 Å². The molecule has 0 bridgehead atoms. The number of halogens is 2. The number of carbonyl (C=O) groups is 1. The van der Waals surface area contributed by atoms with E-state index in [1.807, 2.05) is 36.4 Å². The highest BCUT2D eigenvalue weighted by Gasteiger charge is 2.26. The van der Waals surface area contributed by atoms with Crippen LogP contribution in [0, 0.1) is 3.57 Å². The lowest BCUT2D eigenvalue weighted by molar-refractivity contribution is -0.119. The summed E-state index contributed by atoms with van der Waals surface area (Å²) in [7, 11) is -3.89. The molecule has 0 spiro atoms. The topological polar surface area (TPSA) is 66.5 Å². The van der Waals surface area contributed by atoms with Crippen molar-refractivity contribution < 1.29 is 13.2 Å². The van der Waals surface area contributed by atoms with Gasteiger partial charge in [0.1, 0.15) is 6.54 Å². The van der Waals surface area contributed by atoms with Crippen LogP contribution >= 0.6 is 46.0 Å². The Labute approximate surface area is 211 Å². The van der Waals surface area contributed by atoms with Gasteiger partial charge in [-0.15, -0.1) is 0 Å². The summed E-state index contributed by atoms with van der Waals surface area (Å²) >= 11 is 9.82. The van der Waals surface area contributed by atoms with E-state index in [4.69, 9.17) is 11.6 Å². The van der Waals surface area contributed by atoms with Gasteiger partial charge in [0.25, 0.3) is 10.0 Å². The van der Waals surface area contributed by atoms with Gasteiger partial charge in [-0.25, -0.2) is 8.42 Å². The Kier molecular flexibility index (Phi) is 9.27. The second kappa shape index (κ2) is 11.9. The van der Waals surface area contributed by atoms with Crippen LogP contribution in [0.4, 0.5) is 5.69 Å². The average Bonchev–Trinajstić information content (AvgIpc) is 2.78. The smallest absolute Gasteiger partial charge is 0.264 e. The van der Waals surface area contributed by atoms with Crippen molar-refractivity contribution in [3.05, 3.63) is 93.0 Å². The molecule has 0 atom stereocenters. The third-order valence-electron chi connectivity index (χ3n) is 4.46. The fraction of sp³-hybridized carbons (Fsp3) is 0.174. The molecule has 0 heterocycles. The number of hydrogen-bond donors (Lipinski definition) is 1. The van der Waals surface area contributed by atoms with Crippen molar-refractivity contribution in [2.45, 2.75) is 10.6 Å². The molecule has 168 valence electrons. The highest BCUT2D eigenvalue weighted by Crippen LogP contribution is 2.24. The highest BCUT2D eigenvalue weighted by atomic mass is 127. The maximum absolute atomic E-state index is 13.2. The molecule has 1 N–H and O–H groups in total. The van der Waals surface area contributed by atoms with Crippen LogP contribution in [0.3, 0.4) is 0 Å². The summed E-state index contributed by atoms with van der Waals surface area (Å²) < 4.78 is 28.6. The van der Waals surface area contributed by atoms with Gasteiger partial charge < -0.3 is 5.32 Å². The molecule has 0 aliphatic heterocycles. The Bertz CT molecular complexity index is 1140. The zero-order valence-corrected chi connectivity index (χ0v) is 21.6. The SMILES string of the molecule is O=C(CN(c1ccc(I)cc1)S(=O)(=O)c1ccccc1)NCCSCc1cccc(Cl)c1. The minimum atomic E-state index is -3.89. The van der Waals surface area contributed by atoms with Gasteiger partial charge in [0.05, 0.1) is 10.6 Å². The summed E-state index contributed by atoms with van der Waals surface area (Å²) in [4.78, 5) is 12.7. The fourth-order valence-electron chi connectivity index (χ4n) is 2.91. The summed E-state index contributed by atoms with van der Waals surface area (Å²) in [5.41, 5.74) is 1.56. The molecule has 0 saturated heterocycles. The molecule has 0 unspecified atom stereocenters. The van der Waals surface area contributed by atoms with Gasteiger partial charge in [-0.2, -0.15) is 11.8 Å². The van der Waals surface area contributed by atoms with Crippen molar-refractivity contribution in [2.75, 3.05) is 23.1 Å². The molecular formula is C23H22ClIN2O3S2. The summed E-state index contributed by atoms with van der Waals surface area (Å²) in [5.74, 6) is 1.13. The van der Waals surface area contributed by atoms with Crippen LogP contribution in [-0.2, 0) is 20.6 Å². The average molecular weight is 601 g/mol. The standard InChI is InChI=1S/C23H22ClIN2O3S2/c24-19-6-4-5-18(15-19)17-31-14-13-26-23(28)16-27(21-11-9-20(25)10-12-21)32(29,30)22-7-2-1-3-8-22/h1-12,15H,13-14,16-17H2,(H,26,28). The van der Waals surface area contributed by atoms with Crippen LogP contribution in [-0.4, -0.2) is 33.2 Å². The van der Waals surface area contributed by atoms with Crippen molar-refractivity contribution in [1.29, 1.82) is 0 Å². The second-order valence-electron chi connectivity index (χ2n) is 6.83. The lowest BCUT2D eigenvalue weighted by Gasteiger charge is -2.24. The van der Waals surface area contributed by atoms with Crippen molar-refractivity contribution >= 4 is 67.6 Å². The van der Waals surface area contributed by atoms with Crippen LogP contribution in [0.5, 0.6) is 0 Å². The molecule has 32 heavy (non-hydrogen) atoms. The molecule has 5 nitrogen and oxygen atoms in total. The number of rotatable bonds is 10. The number of benzene rings is 3. The fourth-order valence-corrected chi connectivity index (χ4v) is 5.73. The van der Waals surface area contributed by atoms with Gasteiger partial charge in [-0.05, 0) is 76.7 Å². The zero-order chi connectivity index (χ0) is 23.0. The van der Waals surface area contributed by atoms with E-state index in [1.54, 1.807) is 42.1 Å². The first kappa shape index (κ1) is 24.9. The second-order valence-corrected chi connectivity index (χ2v) is 11.5. The molecule has 0 aliphatic carbocycles. The lowest BCUT2D eigenvalue weighted by atomic mass is 10.2. The molecule has 0 saturated carbocycles. The summed E-state index contributed by atoms with van der Waals surface area (Å²) in [5, 5.41) is 3.52. The van der Waals surface area contributed by atoms with E-state index >= 15 is 0 Å². The Balaban J connectivity index is 1.61. The number of amides is 1. The number of sulfonamides is 1. The summed E-state index contributed by atoms with van der Waals surface area (Å²) in [6.07, 6.45) is 0. The third-order valence-corrected chi connectivity index (χ3v) is 8.23. The molecule has 3 rings (SSSR count). The Morgan fingerprint density at radius 2 is 1.72 bits per heavy atom. The van der Waals surface area contributed by atoms with Gasteiger partial charge in [-0.1, -0.05) is 41.9 Å². The van der Waals surface area contributed by atoms with E-state index in [1.165, 1.54) is 12.1 Å². The minimum Gasteiger partial charge on any atom is -0.354 e. The van der Waals surface area contributed by atoms with E-state index in [9.17, 15) is 13.2 Å². The van der Waals surface area contributed by atoms with Gasteiger partial charge in [0.15, 0.2) is 0 Å². The van der Waals surface area contributed by atoms with Crippen molar-refractivity contribution in [2.24, 2.45) is 0 Å². The normalized spacial score (nSPS) is 11.2. The monoisotopic (exact) mass is 600 g/mol. The number of nitrogens with one attached hydrogen (secondary N) is 1. The quantitative estimate of drug-likeness (QED) is 0.257. The lowest BCUT2D eigenvalue weighted by Crippen LogP contribution is -2.41. The highest BCUT2D eigenvalue weighted by molar-refractivity contribution is 14.1. The Hall–Kier alpha value is -1.75. The molecule has 0 radical (unpaired) electrons. The predicted octanol–water partition coefficient (Wildman–Crippen LogP) is 5.19. The number of anilines is 1. The van der Waals surface area contributed by atoms with Crippen LogP contribution in [0.25, 0.3) is 0 Å². The van der Waals surface area contributed by atoms with Gasteiger partial charge in [-0.3, -0.25) is 9.10 Å². The van der Waals surface area contributed by atoms with Crippen LogP contribution in [0.15, 0.2) is 83.8 Å². The van der Waals surface area contributed by atoms with Crippen LogP contribution in [0.2, 0.25) is 5.02 Å². The van der Waals surface area contributed by atoms with E-state index in [0.717, 1.165) is 19.2 Å². The third kappa shape index (κ3) is 7.13. The van der Waals surface area contributed by atoms with E-state index in [-0.39, 0.29) is 17.3 Å². The minimum absolute atomic E-state index is 0.142. The van der Waals surface area contributed by atoms with Crippen LogP contribution in [0.1, 0.15) is 5.56 Å². The maximum atomic E-state index is 13.2. The maximum Gasteiger partial charge on any atom is 0.264 e. The molecular weight excluding hydrogens is 579 g/mol. The number of thioether (sulfide) groups is 1. The molecule has 0 aliphatic rings. The number of nitrogens with zero attached hydrogens (tertiary/aromatic N) is 1. The molecule has 3 aromatic carbocycles.